The number of hydrogen-bond donors (Lipinski definition) is 1. The van der Waals surface area contributed by atoms with Gasteiger partial charge in [-0.25, -0.2) is 22.8 Å². The van der Waals surface area contributed by atoms with E-state index in [0.717, 1.165) is 48.5 Å². The Balaban J connectivity index is 1.29. The fourth-order valence-electron chi connectivity index (χ4n) is 4.93. The molecule has 9 heteroatoms. The molecule has 0 saturated carbocycles. The molecule has 0 amide bonds. The van der Waals surface area contributed by atoms with Crippen LogP contribution in [-0.4, -0.2) is 57.5 Å². The second-order valence-electron chi connectivity index (χ2n) is 9.42. The predicted molar refractivity (Wildman–Crippen MR) is 135 cm³/mol. The first-order valence-corrected chi connectivity index (χ1v) is 12.2. The number of hydrogen-bond acceptors (Lipinski definition) is 5. The maximum absolute atomic E-state index is 14.8. The molecule has 0 aliphatic carbocycles. The summed E-state index contributed by atoms with van der Waals surface area (Å²) in [6.45, 7) is 3.07. The van der Waals surface area contributed by atoms with Gasteiger partial charge in [-0.15, -0.1) is 0 Å². The molecule has 37 heavy (non-hydrogen) atoms. The highest BCUT2D eigenvalue weighted by Gasteiger charge is 2.36. The lowest BCUT2D eigenvalue weighted by Gasteiger charge is -2.34. The summed E-state index contributed by atoms with van der Waals surface area (Å²) in [5, 5.41) is 15.8. The van der Waals surface area contributed by atoms with Crippen LogP contribution >= 0.6 is 0 Å². The van der Waals surface area contributed by atoms with E-state index in [0.29, 0.717) is 13.1 Å². The van der Waals surface area contributed by atoms with Gasteiger partial charge in [-0.3, -0.25) is 4.90 Å². The maximum Gasteiger partial charge on any atom is 0.137 e. The van der Waals surface area contributed by atoms with Crippen molar-refractivity contribution >= 4 is 5.69 Å². The Labute approximate surface area is 213 Å². The summed E-state index contributed by atoms with van der Waals surface area (Å²) < 4.78 is 43.1. The molecule has 0 radical (unpaired) electrons. The summed E-state index contributed by atoms with van der Waals surface area (Å²) in [6.07, 6.45) is 3.67. The molecule has 2 heterocycles. The first kappa shape index (κ1) is 25.0. The molecule has 1 fully saturated rings. The van der Waals surface area contributed by atoms with Crippen LogP contribution in [0.4, 0.5) is 18.9 Å². The van der Waals surface area contributed by atoms with Gasteiger partial charge in [0, 0.05) is 50.0 Å². The summed E-state index contributed by atoms with van der Waals surface area (Å²) in [4.78, 5) is 8.31. The lowest BCUT2D eigenvalue weighted by Crippen LogP contribution is -2.45. The number of aliphatic hydroxyl groups is 1. The number of halogens is 3. The molecule has 6 nitrogen and oxygen atoms in total. The molecule has 1 aromatic heterocycles. The maximum atomic E-state index is 14.8. The summed E-state index contributed by atoms with van der Waals surface area (Å²) in [5.74, 6) is -1.75. The van der Waals surface area contributed by atoms with E-state index in [1.807, 2.05) is 12.1 Å². The Morgan fingerprint density at radius 3 is 2.16 bits per heavy atom. The fraction of sp³-hybridized carbons (Fsp3) is 0.286. The summed E-state index contributed by atoms with van der Waals surface area (Å²) >= 11 is 0. The molecule has 1 unspecified atom stereocenters. The number of benzene rings is 3. The van der Waals surface area contributed by atoms with Crippen molar-refractivity contribution in [3.63, 3.8) is 0 Å². The second-order valence-corrected chi connectivity index (χ2v) is 9.42. The average Bonchev–Trinajstić information content (AvgIpc) is 3.28. The summed E-state index contributed by atoms with van der Waals surface area (Å²) in [6, 6.07) is 17.9. The molecule has 0 bridgehead atoms. The van der Waals surface area contributed by atoms with E-state index in [-0.39, 0.29) is 24.5 Å². The molecular weight excluding hydrogens is 479 g/mol. The minimum atomic E-state index is -1.63. The molecule has 3 aromatic carbocycles. The Hall–Kier alpha value is -3.69. The van der Waals surface area contributed by atoms with E-state index in [4.69, 9.17) is 0 Å². The van der Waals surface area contributed by atoms with Gasteiger partial charge in [-0.1, -0.05) is 30.3 Å². The quantitative estimate of drug-likeness (QED) is 0.400. The number of anilines is 1. The zero-order valence-electron chi connectivity index (χ0n) is 20.3. The van der Waals surface area contributed by atoms with Crippen LogP contribution in [0, 0.1) is 17.5 Å². The fourth-order valence-corrected chi connectivity index (χ4v) is 4.93. The molecule has 1 N–H and O–H groups in total. The van der Waals surface area contributed by atoms with Crippen molar-refractivity contribution in [2.45, 2.75) is 18.6 Å². The van der Waals surface area contributed by atoms with E-state index in [9.17, 15) is 18.3 Å². The van der Waals surface area contributed by atoms with Gasteiger partial charge in [0.2, 0.25) is 0 Å². The zero-order chi connectivity index (χ0) is 25.8. The highest BCUT2D eigenvalue weighted by atomic mass is 19.1. The highest BCUT2D eigenvalue weighted by Crippen LogP contribution is 2.29. The third kappa shape index (κ3) is 5.84. The zero-order valence-corrected chi connectivity index (χ0v) is 20.3. The van der Waals surface area contributed by atoms with Gasteiger partial charge in [-0.05, 0) is 47.9 Å². The van der Waals surface area contributed by atoms with Gasteiger partial charge in [0.1, 0.15) is 35.7 Å². The van der Waals surface area contributed by atoms with Crippen LogP contribution in [0.1, 0.15) is 12.0 Å². The SMILES string of the molecule is OC(CN1CCCN(c2ccc(-c3ccc(F)cc3)cc2)CC1)(Cn1cncn1)c1ccc(F)cc1F. The minimum absolute atomic E-state index is 0.0133. The average molecular weight is 508 g/mol. The number of rotatable bonds is 7. The lowest BCUT2D eigenvalue weighted by atomic mass is 9.92. The van der Waals surface area contributed by atoms with Crippen molar-refractivity contribution in [2.75, 3.05) is 37.6 Å². The summed E-state index contributed by atoms with van der Waals surface area (Å²) in [7, 11) is 0. The largest absolute Gasteiger partial charge is 0.382 e. The standard InChI is InChI=1S/C28H28F3N5O/c29-23-6-2-21(3-7-23)22-4-9-25(10-5-22)35-13-1-12-34(14-15-35)17-28(37,18-36-20-32-19-33-36)26-11-8-24(30)16-27(26)31/h2-11,16,19-20,37H,1,12-15,17-18H2. The van der Waals surface area contributed by atoms with Crippen molar-refractivity contribution in [2.24, 2.45) is 0 Å². The van der Waals surface area contributed by atoms with Crippen molar-refractivity contribution in [1.29, 1.82) is 0 Å². The monoisotopic (exact) mass is 507 g/mol. The Bertz CT molecular complexity index is 1310. The third-order valence-corrected chi connectivity index (χ3v) is 6.81. The van der Waals surface area contributed by atoms with Gasteiger partial charge < -0.3 is 10.0 Å². The van der Waals surface area contributed by atoms with Crippen LogP contribution in [-0.2, 0) is 12.1 Å². The van der Waals surface area contributed by atoms with E-state index >= 15 is 0 Å². The van der Waals surface area contributed by atoms with E-state index < -0.39 is 17.2 Å². The number of β-amino-alcohol motifs (C(OH)–C–C–N with tert-alkyl or cyclic N) is 1. The van der Waals surface area contributed by atoms with Gasteiger partial charge in [0.25, 0.3) is 0 Å². The molecule has 1 atom stereocenters. The van der Waals surface area contributed by atoms with Crippen molar-refractivity contribution in [3.05, 3.63) is 102 Å². The second kappa shape index (κ2) is 10.7. The Morgan fingerprint density at radius 2 is 1.49 bits per heavy atom. The molecule has 192 valence electrons. The van der Waals surface area contributed by atoms with E-state index in [2.05, 4.69) is 32.0 Å². The number of aromatic nitrogens is 3. The molecule has 1 aliphatic rings. The first-order valence-electron chi connectivity index (χ1n) is 12.2. The molecular formula is C28H28F3N5O. The highest BCUT2D eigenvalue weighted by molar-refractivity contribution is 5.66. The number of nitrogens with zero attached hydrogens (tertiary/aromatic N) is 5. The summed E-state index contributed by atoms with van der Waals surface area (Å²) in [5.41, 5.74) is 1.45. The third-order valence-electron chi connectivity index (χ3n) is 6.81. The van der Waals surface area contributed by atoms with Crippen molar-refractivity contribution < 1.29 is 18.3 Å². The normalized spacial score (nSPS) is 16.4. The van der Waals surface area contributed by atoms with Crippen LogP contribution in [0.15, 0.2) is 79.4 Å². The lowest BCUT2D eigenvalue weighted by molar-refractivity contribution is -0.0201. The van der Waals surface area contributed by atoms with Crippen molar-refractivity contribution in [1.82, 2.24) is 19.7 Å². The van der Waals surface area contributed by atoms with Crippen LogP contribution in [0.2, 0.25) is 0 Å². The van der Waals surface area contributed by atoms with E-state index in [1.54, 1.807) is 12.1 Å². The topological polar surface area (TPSA) is 57.4 Å². The van der Waals surface area contributed by atoms with Gasteiger partial charge in [0.15, 0.2) is 0 Å². The van der Waals surface area contributed by atoms with E-state index in [1.165, 1.54) is 35.5 Å². The minimum Gasteiger partial charge on any atom is -0.382 e. The van der Waals surface area contributed by atoms with Crippen molar-refractivity contribution in [3.8, 4) is 11.1 Å². The van der Waals surface area contributed by atoms with Crippen LogP contribution in [0.5, 0.6) is 0 Å². The van der Waals surface area contributed by atoms with Gasteiger partial charge in [0.05, 0.1) is 6.54 Å². The Kier molecular flexibility index (Phi) is 7.25. The Morgan fingerprint density at radius 1 is 0.784 bits per heavy atom. The van der Waals surface area contributed by atoms with Crippen LogP contribution < -0.4 is 4.90 Å². The first-order chi connectivity index (χ1) is 17.9. The molecule has 1 aliphatic heterocycles. The molecule has 5 rings (SSSR count). The van der Waals surface area contributed by atoms with Gasteiger partial charge in [-0.2, -0.15) is 5.10 Å². The molecule has 1 saturated heterocycles. The predicted octanol–water partition coefficient (Wildman–Crippen LogP) is 4.46. The van der Waals surface area contributed by atoms with Crippen LogP contribution in [0.25, 0.3) is 11.1 Å². The van der Waals surface area contributed by atoms with Gasteiger partial charge >= 0.3 is 0 Å². The van der Waals surface area contributed by atoms with Crippen LogP contribution in [0.3, 0.4) is 0 Å². The molecule has 0 spiro atoms. The smallest absolute Gasteiger partial charge is 0.137 e. The molecule has 4 aromatic rings.